The molecule has 0 aromatic heterocycles. The number of rotatable bonds is 16. The summed E-state index contributed by atoms with van der Waals surface area (Å²) in [5.74, 6) is 0. The van der Waals surface area contributed by atoms with E-state index in [9.17, 15) is 0 Å². The van der Waals surface area contributed by atoms with Crippen LogP contribution in [-0.2, 0) is 0 Å². The van der Waals surface area contributed by atoms with Gasteiger partial charge in [-0.25, -0.2) is 0 Å². The van der Waals surface area contributed by atoms with Crippen LogP contribution >= 0.6 is 15.7 Å². The molecule has 0 fully saturated rings. The van der Waals surface area contributed by atoms with Gasteiger partial charge in [0, 0.05) is 111 Å². The second kappa shape index (κ2) is 22.1. The molecule has 0 atom stereocenters. The van der Waals surface area contributed by atoms with Crippen molar-refractivity contribution in [2.24, 2.45) is 0 Å². The van der Waals surface area contributed by atoms with Crippen molar-refractivity contribution >= 4 is 15.7 Å². The van der Waals surface area contributed by atoms with Gasteiger partial charge in [0.05, 0.1) is 0 Å². The van der Waals surface area contributed by atoms with Gasteiger partial charge in [0.1, 0.15) is 0 Å². The van der Waals surface area contributed by atoms with Crippen LogP contribution in [0.15, 0.2) is 0 Å². The molecule has 0 N–H and O–H groups in total. The summed E-state index contributed by atoms with van der Waals surface area (Å²) in [5, 5.41) is 0. The fourth-order valence-electron chi connectivity index (χ4n) is 5.46. The quantitative estimate of drug-likeness (QED) is 0.197. The molecule has 0 rings (SSSR count). The average molecular weight is 642 g/mol. The van der Waals surface area contributed by atoms with Crippen molar-refractivity contribution < 1.29 is 29.4 Å². The van der Waals surface area contributed by atoms with Crippen LogP contribution in [0.1, 0.15) is 53.4 Å². The Morgan fingerprint density at radius 3 is 0.583 bits per heavy atom. The van der Waals surface area contributed by atoms with E-state index in [2.05, 4.69) is 150 Å². The summed E-state index contributed by atoms with van der Waals surface area (Å²) in [7, 11) is 23.4. The number of halogens is 2. The van der Waals surface area contributed by atoms with E-state index in [-0.39, 0.29) is 29.4 Å². The van der Waals surface area contributed by atoms with Gasteiger partial charge in [-0.3, -0.25) is 0 Å². The minimum Gasteiger partial charge on any atom is -1.00 e. The zero-order valence-corrected chi connectivity index (χ0v) is 31.0. The zero-order valence-electron chi connectivity index (χ0n) is 26.9. The van der Waals surface area contributed by atoms with Gasteiger partial charge < -0.3 is 29.4 Å². The number of hydrogen-bond donors (Lipinski definition) is 0. The topological polar surface area (TPSA) is 25.9 Å². The van der Waals surface area contributed by atoms with Crippen LogP contribution < -0.4 is 29.4 Å². The first-order chi connectivity index (χ1) is 15.7. The molecule has 0 aliphatic rings. The Kier molecular flexibility index (Phi) is 27.2. The highest BCUT2D eigenvalue weighted by atomic mass is 79.9. The van der Waals surface area contributed by atoms with Crippen LogP contribution in [0.3, 0.4) is 0 Å². The maximum atomic E-state index is 2.66. The van der Waals surface area contributed by atoms with Gasteiger partial charge in [0.2, 0.25) is 0 Å². The number of nitrogens with zero attached hydrogens (tertiary/aromatic N) is 8. The lowest BCUT2D eigenvalue weighted by molar-refractivity contribution is -0.00100. The molecule has 36 heavy (non-hydrogen) atoms. The van der Waals surface area contributed by atoms with Crippen LogP contribution in [-0.4, -0.2) is 148 Å². The van der Waals surface area contributed by atoms with E-state index < -0.39 is 15.7 Å². The second-order valence-electron chi connectivity index (χ2n) is 10.1. The highest BCUT2D eigenvalue weighted by Gasteiger charge is 2.54. The third-order valence-corrected chi connectivity index (χ3v) is 14.7. The summed E-state index contributed by atoms with van der Waals surface area (Å²) in [5.41, 5.74) is 0. The van der Waals surface area contributed by atoms with Crippen LogP contribution in [0.5, 0.6) is 0 Å². The summed E-state index contributed by atoms with van der Waals surface area (Å²) in [6, 6.07) is 0. The molecular formula is C24H64BrClN8P2. The Morgan fingerprint density at radius 2 is 0.500 bits per heavy atom. The molecule has 0 spiro atoms. The third-order valence-electron chi connectivity index (χ3n) is 5.91. The molecule has 224 valence electrons. The third kappa shape index (κ3) is 11.1. The van der Waals surface area contributed by atoms with Gasteiger partial charge in [-0.2, -0.15) is 0 Å². The first kappa shape index (κ1) is 44.3. The maximum Gasteiger partial charge on any atom is 0.307 e. The Balaban J connectivity index is -0.000000269. The van der Waals surface area contributed by atoms with E-state index in [0.29, 0.717) is 0 Å². The molecule has 8 nitrogen and oxygen atoms in total. The van der Waals surface area contributed by atoms with Crippen LogP contribution in [0.25, 0.3) is 0 Å². The van der Waals surface area contributed by atoms with Gasteiger partial charge in [-0.15, -0.1) is 37.4 Å². The van der Waals surface area contributed by atoms with Gasteiger partial charge in [-0.05, 0) is 25.7 Å². The molecule has 0 unspecified atom stereocenters. The standard InChI is InChI=1S/2C12H32N4P.BrH.ClH/c2*1-9-11-16(12-10-2)17(13(3)4,14(5)6)15(7)8;;/h2*9-12H2,1-8H3;2*1H/q2*+1;;/p-2. The molecule has 0 aromatic carbocycles. The van der Waals surface area contributed by atoms with Gasteiger partial charge in [-0.1, -0.05) is 27.7 Å². The molecule has 0 amide bonds. The van der Waals surface area contributed by atoms with Gasteiger partial charge in [0.15, 0.2) is 0 Å². The van der Waals surface area contributed by atoms with Crippen molar-refractivity contribution in [2.75, 3.05) is 111 Å². The summed E-state index contributed by atoms with van der Waals surface area (Å²) in [6.45, 7) is 13.7. The van der Waals surface area contributed by atoms with Gasteiger partial charge in [0.25, 0.3) is 0 Å². The summed E-state index contributed by atoms with van der Waals surface area (Å²) >= 11 is 0. The van der Waals surface area contributed by atoms with Crippen molar-refractivity contribution in [2.45, 2.75) is 53.4 Å². The van der Waals surface area contributed by atoms with Crippen molar-refractivity contribution in [1.29, 1.82) is 0 Å². The van der Waals surface area contributed by atoms with Crippen molar-refractivity contribution in [1.82, 2.24) is 37.4 Å². The monoisotopic (exact) mass is 640 g/mol. The normalized spacial score (nSPS) is 12.7. The molecule has 0 heterocycles. The highest BCUT2D eigenvalue weighted by molar-refractivity contribution is 7.66. The van der Waals surface area contributed by atoms with E-state index >= 15 is 0 Å². The molecule has 0 bridgehead atoms. The molecule has 0 aromatic rings. The van der Waals surface area contributed by atoms with Crippen LogP contribution in [0.2, 0.25) is 0 Å². The van der Waals surface area contributed by atoms with E-state index in [1.807, 2.05) is 0 Å². The zero-order chi connectivity index (χ0) is 27.3. The molecule has 0 aliphatic carbocycles. The molecule has 0 radical (unpaired) electrons. The Bertz CT molecular complexity index is 415. The molecular weight excluding hydrogens is 578 g/mol. The van der Waals surface area contributed by atoms with Crippen molar-refractivity contribution in [3.05, 3.63) is 0 Å². The maximum absolute atomic E-state index is 2.66. The Hall–Kier alpha value is 1.31. The SMILES string of the molecule is CCCN(CCC)[P+](N(C)C)(N(C)C)N(C)C.CCCN(CCC)[P+](N(C)C)(N(C)C)N(C)C.[Br-].[Cl-]. The van der Waals surface area contributed by atoms with Crippen LogP contribution in [0, 0.1) is 0 Å². The van der Waals surface area contributed by atoms with Crippen molar-refractivity contribution in [3.63, 3.8) is 0 Å². The smallest absolute Gasteiger partial charge is 0.307 e. The molecule has 0 saturated heterocycles. The lowest BCUT2D eigenvalue weighted by Gasteiger charge is -2.45. The lowest BCUT2D eigenvalue weighted by Crippen LogP contribution is -3.00. The summed E-state index contributed by atoms with van der Waals surface area (Å²) in [6.07, 6.45) is 4.82. The Labute approximate surface area is 246 Å². The van der Waals surface area contributed by atoms with E-state index in [1.54, 1.807) is 0 Å². The van der Waals surface area contributed by atoms with Gasteiger partial charge >= 0.3 is 15.7 Å². The first-order valence-corrected chi connectivity index (χ1v) is 16.3. The number of hydrogen-bond acceptors (Lipinski definition) is 8. The summed E-state index contributed by atoms with van der Waals surface area (Å²) in [4.78, 5) is 0. The Morgan fingerprint density at radius 1 is 0.361 bits per heavy atom. The predicted octanol–water partition coefficient (Wildman–Crippen LogP) is -1.05. The fourth-order valence-corrected chi connectivity index (χ4v) is 14.7. The summed E-state index contributed by atoms with van der Waals surface area (Å²) < 4.78 is 19.7. The van der Waals surface area contributed by atoms with E-state index in [0.717, 1.165) is 26.2 Å². The second-order valence-corrected chi connectivity index (χ2v) is 18.1. The lowest BCUT2D eigenvalue weighted by atomic mass is 10.4. The molecule has 0 saturated carbocycles. The van der Waals surface area contributed by atoms with Crippen LogP contribution in [0.4, 0.5) is 0 Å². The average Bonchev–Trinajstić information content (AvgIpc) is 2.68. The minimum atomic E-state index is -1.52. The largest absolute Gasteiger partial charge is 1.00 e. The molecule has 0 aliphatic heterocycles. The van der Waals surface area contributed by atoms with Crippen molar-refractivity contribution in [3.8, 4) is 0 Å². The fraction of sp³-hybridized carbons (Fsp3) is 1.00. The molecule has 12 heteroatoms. The van der Waals surface area contributed by atoms with E-state index in [4.69, 9.17) is 0 Å². The van der Waals surface area contributed by atoms with E-state index in [1.165, 1.54) is 25.7 Å². The highest BCUT2D eigenvalue weighted by Crippen LogP contribution is 2.67. The minimum absolute atomic E-state index is 0. The predicted molar refractivity (Wildman–Crippen MR) is 160 cm³/mol. The first-order valence-electron chi connectivity index (χ1n) is 13.1.